The van der Waals surface area contributed by atoms with Crippen molar-refractivity contribution in [2.24, 2.45) is 0 Å². The third-order valence-electron chi connectivity index (χ3n) is 2.31. The van der Waals surface area contributed by atoms with E-state index in [2.05, 4.69) is 41.6 Å². The molecule has 0 aliphatic rings. The molecule has 0 amide bonds. The zero-order valence-electron chi connectivity index (χ0n) is 9.77. The maximum atomic E-state index is 12.3. The lowest BCUT2D eigenvalue weighted by atomic mass is 10.3. The van der Waals surface area contributed by atoms with Crippen LogP contribution in [-0.4, -0.2) is 13.4 Å². The number of sulfonamides is 1. The standard InChI is InChI=1S/C11H8Br2ClN3O2S/c12-6-1-2-9(15)10(3-6)20(18,19)17-7-4-8(13)11(14)16-5-7/h1-5,17H,15H2. The third-order valence-corrected chi connectivity index (χ3v) is 5.38. The SMILES string of the molecule is Nc1ccc(Br)cc1S(=O)(=O)Nc1cnc(Cl)c(Br)c1. The van der Waals surface area contributed by atoms with Gasteiger partial charge in [0.2, 0.25) is 0 Å². The second-order valence-corrected chi connectivity index (χ2v) is 7.56. The Morgan fingerprint density at radius 2 is 1.95 bits per heavy atom. The van der Waals surface area contributed by atoms with Crippen molar-refractivity contribution in [2.45, 2.75) is 4.90 Å². The van der Waals surface area contributed by atoms with E-state index < -0.39 is 10.0 Å². The first-order valence-electron chi connectivity index (χ1n) is 5.18. The molecule has 0 radical (unpaired) electrons. The van der Waals surface area contributed by atoms with Gasteiger partial charge in [-0.05, 0) is 40.2 Å². The van der Waals surface area contributed by atoms with Crippen LogP contribution in [0.1, 0.15) is 0 Å². The van der Waals surface area contributed by atoms with Crippen LogP contribution in [0.25, 0.3) is 0 Å². The van der Waals surface area contributed by atoms with Gasteiger partial charge in [-0.3, -0.25) is 4.72 Å². The summed E-state index contributed by atoms with van der Waals surface area (Å²) in [5.41, 5.74) is 6.13. The molecule has 5 nitrogen and oxygen atoms in total. The van der Waals surface area contributed by atoms with Crippen LogP contribution in [0.2, 0.25) is 5.15 Å². The average Bonchev–Trinajstić information content (AvgIpc) is 2.36. The normalized spacial score (nSPS) is 11.3. The number of hydrogen-bond acceptors (Lipinski definition) is 4. The Bertz CT molecular complexity index is 768. The van der Waals surface area contributed by atoms with E-state index in [1.54, 1.807) is 6.07 Å². The smallest absolute Gasteiger partial charge is 0.264 e. The highest BCUT2D eigenvalue weighted by molar-refractivity contribution is 9.10. The molecule has 0 saturated carbocycles. The number of hydrogen-bond donors (Lipinski definition) is 2. The highest BCUT2D eigenvalue weighted by Crippen LogP contribution is 2.27. The lowest BCUT2D eigenvalue weighted by Crippen LogP contribution is -2.15. The molecular weight excluding hydrogens is 433 g/mol. The van der Waals surface area contributed by atoms with Crippen LogP contribution >= 0.6 is 43.5 Å². The Kier molecular flexibility index (Phi) is 4.58. The van der Waals surface area contributed by atoms with Gasteiger partial charge < -0.3 is 5.73 Å². The quantitative estimate of drug-likeness (QED) is 0.563. The van der Waals surface area contributed by atoms with Gasteiger partial charge in [-0.25, -0.2) is 13.4 Å². The van der Waals surface area contributed by atoms with E-state index in [0.717, 1.165) is 0 Å². The lowest BCUT2D eigenvalue weighted by molar-refractivity contribution is 0.601. The summed E-state index contributed by atoms with van der Waals surface area (Å²) in [6.45, 7) is 0. The molecule has 2 aromatic rings. The van der Waals surface area contributed by atoms with Crippen LogP contribution in [0.3, 0.4) is 0 Å². The summed E-state index contributed by atoms with van der Waals surface area (Å²) in [5, 5.41) is 0.245. The summed E-state index contributed by atoms with van der Waals surface area (Å²) in [4.78, 5) is 3.83. The Balaban J connectivity index is 2.40. The monoisotopic (exact) mass is 439 g/mol. The highest BCUT2D eigenvalue weighted by Gasteiger charge is 2.18. The number of nitrogen functional groups attached to an aromatic ring is 1. The zero-order valence-corrected chi connectivity index (χ0v) is 14.5. The summed E-state index contributed by atoms with van der Waals surface area (Å²) in [5.74, 6) is 0. The first-order valence-corrected chi connectivity index (χ1v) is 8.63. The Morgan fingerprint density at radius 1 is 1.25 bits per heavy atom. The molecule has 0 atom stereocenters. The van der Waals surface area contributed by atoms with Crippen molar-refractivity contribution in [3.05, 3.63) is 44.6 Å². The van der Waals surface area contributed by atoms with Gasteiger partial charge in [-0.2, -0.15) is 0 Å². The van der Waals surface area contributed by atoms with Crippen molar-refractivity contribution in [3.8, 4) is 0 Å². The molecule has 106 valence electrons. The number of nitrogens with two attached hydrogens (primary N) is 1. The Labute approximate surface area is 137 Å². The van der Waals surface area contributed by atoms with E-state index in [1.165, 1.54) is 24.4 Å². The number of anilines is 2. The van der Waals surface area contributed by atoms with Gasteiger partial charge in [-0.1, -0.05) is 27.5 Å². The first-order chi connectivity index (χ1) is 9.29. The van der Waals surface area contributed by atoms with E-state index in [-0.39, 0.29) is 21.4 Å². The van der Waals surface area contributed by atoms with E-state index >= 15 is 0 Å². The molecule has 3 N–H and O–H groups in total. The molecule has 0 fully saturated rings. The van der Waals surface area contributed by atoms with Crippen LogP contribution in [0.5, 0.6) is 0 Å². The molecule has 2 rings (SSSR count). The molecule has 20 heavy (non-hydrogen) atoms. The van der Waals surface area contributed by atoms with E-state index in [0.29, 0.717) is 8.95 Å². The fourth-order valence-electron chi connectivity index (χ4n) is 1.43. The van der Waals surface area contributed by atoms with Gasteiger partial charge >= 0.3 is 0 Å². The minimum atomic E-state index is -3.81. The van der Waals surface area contributed by atoms with E-state index in [9.17, 15) is 8.42 Å². The van der Waals surface area contributed by atoms with Crippen LogP contribution in [0.4, 0.5) is 11.4 Å². The largest absolute Gasteiger partial charge is 0.398 e. The summed E-state index contributed by atoms with van der Waals surface area (Å²) >= 11 is 12.1. The average molecular weight is 442 g/mol. The Morgan fingerprint density at radius 3 is 2.60 bits per heavy atom. The second-order valence-electron chi connectivity index (χ2n) is 3.78. The number of pyridine rings is 1. The molecular formula is C11H8Br2ClN3O2S. The lowest BCUT2D eigenvalue weighted by Gasteiger charge is -2.10. The number of rotatable bonds is 3. The zero-order chi connectivity index (χ0) is 14.9. The molecule has 1 heterocycles. The molecule has 0 aliphatic heterocycles. The van der Waals surface area contributed by atoms with Crippen LogP contribution in [0, 0.1) is 0 Å². The third kappa shape index (κ3) is 3.43. The molecule has 0 spiro atoms. The minimum absolute atomic E-state index is 0.0158. The molecule has 0 unspecified atom stereocenters. The van der Waals surface area contributed by atoms with Crippen molar-refractivity contribution in [2.75, 3.05) is 10.5 Å². The number of benzene rings is 1. The predicted octanol–water partition coefficient (Wildman–Crippen LogP) is 3.64. The molecule has 1 aromatic carbocycles. The van der Waals surface area contributed by atoms with Crippen molar-refractivity contribution < 1.29 is 8.42 Å². The molecule has 0 bridgehead atoms. The van der Waals surface area contributed by atoms with E-state index in [1.807, 2.05) is 0 Å². The van der Waals surface area contributed by atoms with Crippen molar-refractivity contribution in [1.29, 1.82) is 0 Å². The van der Waals surface area contributed by atoms with Crippen molar-refractivity contribution in [1.82, 2.24) is 4.98 Å². The molecule has 0 saturated heterocycles. The summed E-state index contributed by atoms with van der Waals surface area (Å²) in [6, 6.07) is 6.11. The summed E-state index contributed by atoms with van der Waals surface area (Å²) in [7, 11) is -3.81. The van der Waals surface area contributed by atoms with Gasteiger partial charge in [0.25, 0.3) is 10.0 Å². The first kappa shape index (κ1) is 15.6. The summed E-state index contributed by atoms with van der Waals surface area (Å²) < 4.78 is 28.1. The highest BCUT2D eigenvalue weighted by atomic mass is 79.9. The summed E-state index contributed by atoms with van der Waals surface area (Å²) in [6.07, 6.45) is 1.32. The Hall–Kier alpha value is -0.830. The van der Waals surface area contributed by atoms with Crippen LogP contribution in [0.15, 0.2) is 44.3 Å². The van der Waals surface area contributed by atoms with Gasteiger partial charge in [0.05, 0.1) is 22.0 Å². The van der Waals surface area contributed by atoms with Gasteiger partial charge in [-0.15, -0.1) is 0 Å². The van der Waals surface area contributed by atoms with Gasteiger partial charge in [0.15, 0.2) is 0 Å². The number of aromatic nitrogens is 1. The number of halogens is 3. The predicted molar refractivity (Wildman–Crippen MR) is 86.3 cm³/mol. The number of nitrogens with zero attached hydrogens (tertiary/aromatic N) is 1. The second kappa shape index (κ2) is 5.88. The van der Waals surface area contributed by atoms with E-state index in [4.69, 9.17) is 17.3 Å². The van der Waals surface area contributed by atoms with Crippen LogP contribution in [-0.2, 0) is 10.0 Å². The molecule has 1 aromatic heterocycles. The maximum Gasteiger partial charge on any atom is 0.264 e. The van der Waals surface area contributed by atoms with Crippen molar-refractivity contribution >= 4 is 64.9 Å². The van der Waals surface area contributed by atoms with Crippen LogP contribution < -0.4 is 10.5 Å². The van der Waals surface area contributed by atoms with Crippen molar-refractivity contribution in [3.63, 3.8) is 0 Å². The fraction of sp³-hybridized carbons (Fsp3) is 0. The molecule has 0 aliphatic carbocycles. The fourth-order valence-corrected chi connectivity index (χ4v) is 3.59. The minimum Gasteiger partial charge on any atom is -0.398 e. The maximum absolute atomic E-state index is 12.3. The number of nitrogens with one attached hydrogen (secondary N) is 1. The topological polar surface area (TPSA) is 85.1 Å². The van der Waals surface area contributed by atoms with Gasteiger partial charge in [0.1, 0.15) is 10.0 Å². The molecule has 9 heteroatoms. The van der Waals surface area contributed by atoms with Gasteiger partial charge in [0, 0.05) is 4.47 Å².